The molecule has 1 fully saturated rings. The van der Waals surface area contributed by atoms with E-state index in [-0.39, 0.29) is 5.69 Å². The predicted molar refractivity (Wildman–Crippen MR) is 125 cm³/mol. The summed E-state index contributed by atoms with van der Waals surface area (Å²) in [6.45, 7) is 8.99. The molecule has 4 rings (SSSR count). The summed E-state index contributed by atoms with van der Waals surface area (Å²) in [7, 11) is 0. The van der Waals surface area contributed by atoms with E-state index in [1.165, 1.54) is 29.8 Å². The van der Waals surface area contributed by atoms with E-state index < -0.39 is 16.6 Å². The zero-order valence-electron chi connectivity index (χ0n) is 18.7. The maximum atomic E-state index is 12.5. The highest BCUT2D eigenvalue weighted by Gasteiger charge is 2.24. The highest BCUT2D eigenvalue weighted by Crippen LogP contribution is 2.42. The maximum absolute atomic E-state index is 12.5. The Hall–Kier alpha value is -3.15. The Bertz CT molecular complexity index is 1170. The molecule has 1 N–H and O–H groups in total. The van der Waals surface area contributed by atoms with Crippen molar-refractivity contribution in [2.24, 2.45) is 0 Å². The van der Waals surface area contributed by atoms with Gasteiger partial charge in [-0.1, -0.05) is 0 Å². The Labute approximate surface area is 194 Å². The fourth-order valence-electron chi connectivity index (χ4n) is 3.60. The molecule has 2 aromatic heterocycles. The van der Waals surface area contributed by atoms with Crippen molar-refractivity contribution in [3.05, 3.63) is 45.6 Å². The van der Waals surface area contributed by atoms with Gasteiger partial charge >= 0.3 is 6.09 Å². The molecule has 1 saturated heterocycles. The van der Waals surface area contributed by atoms with E-state index in [0.29, 0.717) is 35.8 Å². The van der Waals surface area contributed by atoms with Crippen LogP contribution in [0.25, 0.3) is 21.3 Å². The highest BCUT2D eigenvalue weighted by atomic mass is 32.1. The number of nitro benzene ring substituents is 1. The number of morpholine rings is 1. The van der Waals surface area contributed by atoms with E-state index in [2.05, 4.69) is 20.2 Å². The number of amides is 1. The number of hydrogen-bond acceptors (Lipinski definition) is 9. The van der Waals surface area contributed by atoms with Crippen LogP contribution in [0.1, 0.15) is 25.6 Å². The number of thiophene rings is 1. The number of benzene rings is 1. The van der Waals surface area contributed by atoms with Crippen molar-refractivity contribution in [1.82, 2.24) is 14.9 Å². The molecular formula is C22H25N5O5S. The molecule has 0 bridgehead atoms. The minimum absolute atomic E-state index is 0.0105. The number of rotatable bonds is 5. The highest BCUT2D eigenvalue weighted by molar-refractivity contribution is 7.19. The Morgan fingerprint density at radius 3 is 2.58 bits per heavy atom. The van der Waals surface area contributed by atoms with Crippen molar-refractivity contribution < 1.29 is 19.2 Å². The number of non-ortho nitro benzene ring substituents is 1. The molecule has 0 atom stereocenters. The van der Waals surface area contributed by atoms with Gasteiger partial charge in [0.1, 0.15) is 22.6 Å². The standard InChI is InChI=1S/C22H25N5O5S/c1-22(2,3)32-21(28)25-19-18-17(14-4-6-15(7-5-14)27(29)30)16(33-20(18)24-13-23-19)12-26-8-10-31-11-9-26/h4-7,13H,8-12H2,1-3H3,(H,23,24,25,28). The quantitative estimate of drug-likeness (QED) is 0.428. The topological polar surface area (TPSA) is 120 Å². The molecular weight excluding hydrogens is 446 g/mol. The van der Waals surface area contributed by atoms with Crippen molar-refractivity contribution in [3.63, 3.8) is 0 Å². The van der Waals surface area contributed by atoms with Gasteiger partial charge in [0.25, 0.3) is 5.69 Å². The van der Waals surface area contributed by atoms with E-state index in [9.17, 15) is 14.9 Å². The number of nitrogens with one attached hydrogen (secondary N) is 1. The number of fused-ring (bicyclic) bond motifs is 1. The van der Waals surface area contributed by atoms with E-state index >= 15 is 0 Å². The van der Waals surface area contributed by atoms with Gasteiger partial charge in [0.15, 0.2) is 0 Å². The predicted octanol–water partition coefficient (Wildman–Crippen LogP) is 4.45. The van der Waals surface area contributed by atoms with Crippen LogP contribution in [0.5, 0.6) is 0 Å². The number of anilines is 1. The van der Waals surface area contributed by atoms with E-state index in [0.717, 1.165) is 29.1 Å². The molecule has 1 amide bonds. The molecule has 1 aromatic carbocycles. The van der Waals surface area contributed by atoms with Crippen molar-refractivity contribution >= 4 is 39.2 Å². The summed E-state index contributed by atoms with van der Waals surface area (Å²) in [5, 5.41) is 14.6. The molecule has 11 heteroatoms. The van der Waals surface area contributed by atoms with E-state index in [1.807, 2.05) is 0 Å². The molecule has 3 heterocycles. The number of hydrogen-bond donors (Lipinski definition) is 1. The number of ether oxygens (including phenoxy) is 2. The van der Waals surface area contributed by atoms with Crippen LogP contribution in [-0.4, -0.2) is 57.8 Å². The largest absolute Gasteiger partial charge is 0.444 e. The molecule has 0 spiro atoms. The first-order valence-corrected chi connectivity index (χ1v) is 11.3. The van der Waals surface area contributed by atoms with Gasteiger partial charge in [-0.3, -0.25) is 20.3 Å². The summed E-state index contributed by atoms with van der Waals surface area (Å²) < 4.78 is 10.9. The van der Waals surface area contributed by atoms with Gasteiger partial charge < -0.3 is 9.47 Å². The number of nitro groups is 1. The van der Waals surface area contributed by atoms with Gasteiger partial charge in [0.2, 0.25) is 0 Å². The second kappa shape index (κ2) is 9.38. The summed E-state index contributed by atoms with van der Waals surface area (Å²) in [6, 6.07) is 6.38. The van der Waals surface area contributed by atoms with Gasteiger partial charge in [-0.15, -0.1) is 11.3 Å². The second-order valence-electron chi connectivity index (χ2n) is 8.62. The molecule has 10 nitrogen and oxygen atoms in total. The molecule has 0 unspecified atom stereocenters. The fraction of sp³-hybridized carbons (Fsp3) is 0.409. The van der Waals surface area contributed by atoms with Crippen molar-refractivity contribution in [3.8, 4) is 11.1 Å². The molecule has 33 heavy (non-hydrogen) atoms. The van der Waals surface area contributed by atoms with Crippen LogP contribution in [0, 0.1) is 10.1 Å². The third kappa shape index (κ3) is 5.44. The first kappa shape index (κ1) is 23.0. The summed E-state index contributed by atoms with van der Waals surface area (Å²) in [4.78, 5) is 36.0. The minimum Gasteiger partial charge on any atom is -0.444 e. The van der Waals surface area contributed by atoms with Crippen molar-refractivity contribution in [1.29, 1.82) is 0 Å². The lowest BCUT2D eigenvalue weighted by molar-refractivity contribution is -0.384. The zero-order valence-corrected chi connectivity index (χ0v) is 19.5. The Morgan fingerprint density at radius 1 is 1.24 bits per heavy atom. The third-order valence-electron chi connectivity index (χ3n) is 5.02. The van der Waals surface area contributed by atoms with Gasteiger partial charge in [0.05, 0.1) is 23.5 Å². The molecule has 0 aliphatic carbocycles. The average Bonchev–Trinajstić information content (AvgIpc) is 3.12. The first-order chi connectivity index (χ1) is 15.7. The van der Waals surface area contributed by atoms with Gasteiger partial charge in [-0.05, 0) is 38.5 Å². The second-order valence-corrected chi connectivity index (χ2v) is 9.71. The molecule has 1 aliphatic rings. The van der Waals surface area contributed by atoms with Crippen LogP contribution < -0.4 is 5.32 Å². The number of carbonyl (C=O) groups is 1. The summed E-state index contributed by atoms with van der Waals surface area (Å²) in [6.07, 6.45) is 0.794. The maximum Gasteiger partial charge on any atom is 0.413 e. The number of aromatic nitrogens is 2. The third-order valence-corrected chi connectivity index (χ3v) is 6.10. The van der Waals surface area contributed by atoms with Crippen LogP contribution >= 0.6 is 11.3 Å². The lowest BCUT2D eigenvalue weighted by Crippen LogP contribution is -2.35. The smallest absolute Gasteiger partial charge is 0.413 e. The molecule has 0 saturated carbocycles. The minimum atomic E-state index is -0.659. The summed E-state index contributed by atoms with van der Waals surface area (Å²) >= 11 is 1.52. The van der Waals surface area contributed by atoms with Crippen LogP contribution in [0.15, 0.2) is 30.6 Å². The van der Waals surface area contributed by atoms with Crippen LogP contribution in [-0.2, 0) is 16.0 Å². The van der Waals surface area contributed by atoms with E-state index in [4.69, 9.17) is 9.47 Å². The molecule has 3 aromatic rings. The molecule has 1 aliphatic heterocycles. The molecule has 0 radical (unpaired) electrons. The summed E-state index contributed by atoms with van der Waals surface area (Å²) in [5.74, 6) is 0.340. The van der Waals surface area contributed by atoms with Gasteiger partial charge in [-0.25, -0.2) is 14.8 Å². The van der Waals surface area contributed by atoms with Crippen LogP contribution in [0.2, 0.25) is 0 Å². The lowest BCUT2D eigenvalue weighted by Gasteiger charge is -2.26. The van der Waals surface area contributed by atoms with Gasteiger partial charge in [-0.2, -0.15) is 0 Å². The van der Waals surface area contributed by atoms with Crippen molar-refractivity contribution in [2.45, 2.75) is 32.9 Å². The van der Waals surface area contributed by atoms with E-state index in [1.54, 1.807) is 32.9 Å². The first-order valence-electron chi connectivity index (χ1n) is 10.5. The SMILES string of the molecule is CC(C)(C)OC(=O)Nc1ncnc2sc(CN3CCOCC3)c(-c3ccc([N+](=O)[O-])cc3)c12. The van der Waals surface area contributed by atoms with Crippen LogP contribution in [0.4, 0.5) is 16.3 Å². The Kier molecular flexibility index (Phi) is 6.54. The van der Waals surface area contributed by atoms with Crippen LogP contribution in [0.3, 0.4) is 0 Å². The van der Waals surface area contributed by atoms with Gasteiger partial charge in [0, 0.05) is 42.2 Å². The number of nitrogens with zero attached hydrogens (tertiary/aromatic N) is 4. The Balaban J connectivity index is 1.80. The average molecular weight is 472 g/mol. The lowest BCUT2D eigenvalue weighted by atomic mass is 10.0. The fourth-order valence-corrected chi connectivity index (χ4v) is 4.81. The summed E-state index contributed by atoms with van der Waals surface area (Å²) in [5.41, 5.74) is 0.990. The normalized spacial score (nSPS) is 14.9. The Morgan fingerprint density at radius 2 is 1.94 bits per heavy atom. The number of carbonyl (C=O) groups excluding carboxylic acids is 1. The van der Waals surface area contributed by atoms with Crippen molar-refractivity contribution in [2.75, 3.05) is 31.6 Å². The zero-order chi connectivity index (χ0) is 23.6. The monoisotopic (exact) mass is 471 g/mol. The molecule has 174 valence electrons.